The zero-order valence-corrected chi connectivity index (χ0v) is 13.4. The van der Waals surface area contributed by atoms with E-state index in [1.54, 1.807) is 0 Å². The van der Waals surface area contributed by atoms with E-state index in [2.05, 4.69) is 65.9 Å². The molecule has 0 saturated heterocycles. The van der Waals surface area contributed by atoms with Crippen molar-refractivity contribution in [2.45, 2.75) is 65.8 Å². The van der Waals surface area contributed by atoms with Crippen LogP contribution < -0.4 is 5.32 Å². The number of benzene rings is 1. The Bertz CT molecular complexity index is 399. The second-order valence-corrected chi connectivity index (χ2v) is 7.15. The van der Waals surface area contributed by atoms with Crippen molar-refractivity contribution in [1.29, 1.82) is 0 Å². The smallest absolute Gasteiger partial charge is 0.0162 e. The average Bonchev–Trinajstić information content (AvgIpc) is 2.22. The third-order valence-corrected chi connectivity index (χ3v) is 3.86. The largest absolute Gasteiger partial charge is 0.314 e. The Kier molecular flexibility index (Phi) is 4.27. The Balaban J connectivity index is 3.18. The lowest BCUT2D eigenvalue weighted by Crippen LogP contribution is -2.38. The molecule has 1 aromatic rings. The Morgan fingerprint density at radius 3 is 1.72 bits per heavy atom. The van der Waals surface area contributed by atoms with E-state index in [0.29, 0.717) is 0 Å². The SMILES string of the molecule is CNC(C)(C)Cc1c(C)cc(C(C)(C)C)cc1C. The summed E-state index contributed by atoms with van der Waals surface area (Å²) in [4.78, 5) is 0. The summed E-state index contributed by atoms with van der Waals surface area (Å²) in [6.45, 7) is 15.8. The van der Waals surface area contributed by atoms with Gasteiger partial charge in [0.15, 0.2) is 0 Å². The van der Waals surface area contributed by atoms with Crippen LogP contribution in [0.1, 0.15) is 56.9 Å². The molecule has 0 heterocycles. The van der Waals surface area contributed by atoms with E-state index >= 15 is 0 Å². The van der Waals surface area contributed by atoms with E-state index < -0.39 is 0 Å². The third-order valence-electron chi connectivity index (χ3n) is 3.86. The molecule has 1 heteroatoms. The van der Waals surface area contributed by atoms with Crippen LogP contribution in [0.2, 0.25) is 0 Å². The van der Waals surface area contributed by atoms with Crippen LogP contribution in [0.4, 0.5) is 0 Å². The summed E-state index contributed by atoms with van der Waals surface area (Å²) in [5.41, 5.74) is 6.14. The third kappa shape index (κ3) is 3.58. The number of hydrogen-bond acceptors (Lipinski definition) is 1. The van der Waals surface area contributed by atoms with Crippen LogP contribution in [0.5, 0.6) is 0 Å². The summed E-state index contributed by atoms with van der Waals surface area (Å²) in [6, 6.07) is 4.71. The number of aryl methyl sites for hydroxylation is 2. The molecular formula is C17H29N. The maximum absolute atomic E-state index is 3.39. The molecule has 0 spiro atoms. The molecule has 0 aliphatic rings. The monoisotopic (exact) mass is 247 g/mol. The fourth-order valence-electron chi connectivity index (χ4n) is 2.24. The van der Waals surface area contributed by atoms with Gasteiger partial charge in [0.2, 0.25) is 0 Å². The van der Waals surface area contributed by atoms with Crippen molar-refractivity contribution >= 4 is 0 Å². The summed E-state index contributed by atoms with van der Waals surface area (Å²) in [5.74, 6) is 0. The van der Waals surface area contributed by atoms with Gasteiger partial charge in [-0.15, -0.1) is 0 Å². The molecule has 0 fully saturated rings. The van der Waals surface area contributed by atoms with Crippen LogP contribution in [0, 0.1) is 13.8 Å². The summed E-state index contributed by atoms with van der Waals surface area (Å²) in [7, 11) is 2.04. The predicted octanol–water partition coefficient (Wildman–Crippen LogP) is 4.14. The molecule has 0 unspecified atom stereocenters. The van der Waals surface area contributed by atoms with Crippen molar-refractivity contribution in [3.05, 3.63) is 34.4 Å². The van der Waals surface area contributed by atoms with E-state index in [4.69, 9.17) is 0 Å². The molecule has 0 radical (unpaired) electrons. The molecule has 0 aliphatic carbocycles. The highest BCUT2D eigenvalue weighted by atomic mass is 14.9. The second kappa shape index (κ2) is 5.05. The van der Waals surface area contributed by atoms with Gasteiger partial charge in [-0.05, 0) is 68.8 Å². The highest BCUT2D eigenvalue weighted by Crippen LogP contribution is 2.28. The van der Waals surface area contributed by atoms with Gasteiger partial charge in [-0.2, -0.15) is 0 Å². The molecule has 1 rings (SSSR count). The van der Waals surface area contributed by atoms with E-state index in [0.717, 1.165) is 6.42 Å². The van der Waals surface area contributed by atoms with Crippen LogP contribution >= 0.6 is 0 Å². The van der Waals surface area contributed by atoms with Crippen molar-refractivity contribution in [3.63, 3.8) is 0 Å². The number of rotatable bonds is 3. The summed E-state index contributed by atoms with van der Waals surface area (Å²) >= 11 is 0. The summed E-state index contributed by atoms with van der Waals surface area (Å²) in [6.07, 6.45) is 1.07. The average molecular weight is 247 g/mol. The zero-order chi connectivity index (χ0) is 14.1. The quantitative estimate of drug-likeness (QED) is 0.846. The Labute approximate surface area is 113 Å². The van der Waals surface area contributed by atoms with Crippen LogP contribution in [-0.2, 0) is 11.8 Å². The lowest BCUT2D eigenvalue weighted by molar-refractivity contribution is 0.420. The predicted molar refractivity (Wildman–Crippen MR) is 81.5 cm³/mol. The maximum atomic E-state index is 3.39. The first-order valence-corrected chi connectivity index (χ1v) is 6.86. The van der Waals surface area contributed by atoms with E-state index in [-0.39, 0.29) is 11.0 Å². The number of hydrogen-bond donors (Lipinski definition) is 1. The molecular weight excluding hydrogens is 218 g/mol. The molecule has 0 bridgehead atoms. The zero-order valence-electron chi connectivity index (χ0n) is 13.4. The molecule has 102 valence electrons. The molecule has 1 nitrogen and oxygen atoms in total. The number of nitrogens with one attached hydrogen (secondary N) is 1. The van der Waals surface area contributed by atoms with E-state index in [1.807, 2.05) is 7.05 Å². The van der Waals surface area contributed by atoms with Crippen molar-refractivity contribution < 1.29 is 0 Å². The van der Waals surface area contributed by atoms with E-state index in [1.165, 1.54) is 22.3 Å². The highest BCUT2D eigenvalue weighted by Gasteiger charge is 2.20. The van der Waals surface area contributed by atoms with Crippen molar-refractivity contribution in [1.82, 2.24) is 5.32 Å². The summed E-state index contributed by atoms with van der Waals surface area (Å²) < 4.78 is 0. The maximum Gasteiger partial charge on any atom is 0.0162 e. The minimum Gasteiger partial charge on any atom is -0.314 e. The standard InChI is InChI=1S/C17H29N/c1-12-9-14(16(3,4)5)10-13(2)15(12)11-17(6,7)18-8/h9-10,18H,11H2,1-8H3. The molecule has 1 aromatic carbocycles. The second-order valence-electron chi connectivity index (χ2n) is 7.15. The first-order valence-electron chi connectivity index (χ1n) is 6.86. The lowest BCUT2D eigenvalue weighted by atomic mass is 9.81. The van der Waals surface area contributed by atoms with Crippen molar-refractivity contribution in [3.8, 4) is 0 Å². The fourth-order valence-corrected chi connectivity index (χ4v) is 2.24. The van der Waals surface area contributed by atoms with Gasteiger partial charge in [0.05, 0.1) is 0 Å². The van der Waals surface area contributed by atoms with Crippen LogP contribution in [-0.4, -0.2) is 12.6 Å². The highest BCUT2D eigenvalue weighted by molar-refractivity contribution is 5.41. The fraction of sp³-hybridized carbons (Fsp3) is 0.647. The first-order chi connectivity index (χ1) is 8.07. The lowest BCUT2D eigenvalue weighted by Gasteiger charge is -2.28. The molecule has 0 aliphatic heterocycles. The van der Waals surface area contributed by atoms with Crippen molar-refractivity contribution in [2.75, 3.05) is 7.05 Å². The van der Waals surface area contributed by atoms with Crippen LogP contribution in [0.15, 0.2) is 12.1 Å². The van der Waals surface area contributed by atoms with Gasteiger partial charge in [0, 0.05) is 5.54 Å². The van der Waals surface area contributed by atoms with Gasteiger partial charge in [-0.1, -0.05) is 32.9 Å². The normalized spacial score (nSPS) is 12.9. The molecule has 18 heavy (non-hydrogen) atoms. The minimum atomic E-state index is 0.152. The molecule has 0 saturated carbocycles. The van der Waals surface area contributed by atoms with Gasteiger partial charge >= 0.3 is 0 Å². The minimum absolute atomic E-state index is 0.152. The molecule has 0 amide bonds. The van der Waals surface area contributed by atoms with Gasteiger partial charge in [-0.25, -0.2) is 0 Å². The van der Waals surface area contributed by atoms with Crippen LogP contribution in [0.25, 0.3) is 0 Å². The van der Waals surface area contributed by atoms with Gasteiger partial charge in [0.25, 0.3) is 0 Å². The number of likely N-dealkylation sites (N-methyl/N-ethyl adjacent to an activating group) is 1. The van der Waals surface area contributed by atoms with Crippen molar-refractivity contribution in [2.24, 2.45) is 0 Å². The first kappa shape index (κ1) is 15.2. The van der Waals surface area contributed by atoms with Crippen LogP contribution in [0.3, 0.4) is 0 Å². The molecule has 1 N–H and O–H groups in total. The Morgan fingerprint density at radius 1 is 0.944 bits per heavy atom. The molecule has 0 aromatic heterocycles. The van der Waals surface area contributed by atoms with E-state index in [9.17, 15) is 0 Å². The molecule has 0 atom stereocenters. The Hall–Kier alpha value is -0.820. The van der Waals surface area contributed by atoms with Gasteiger partial charge < -0.3 is 5.32 Å². The topological polar surface area (TPSA) is 12.0 Å². The van der Waals surface area contributed by atoms with Gasteiger partial charge in [-0.3, -0.25) is 0 Å². The van der Waals surface area contributed by atoms with Gasteiger partial charge in [0.1, 0.15) is 0 Å². The Morgan fingerprint density at radius 2 is 1.39 bits per heavy atom. The summed E-state index contributed by atoms with van der Waals surface area (Å²) in [5, 5.41) is 3.39.